The van der Waals surface area contributed by atoms with E-state index < -0.39 is 0 Å². The number of rotatable bonds is 3. The molecule has 2 heteroatoms. The Hall–Kier alpha value is -0.760. The molecule has 2 rings (SSSR count). The van der Waals surface area contributed by atoms with Crippen molar-refractivity contribution in [1.82, 2.24) is 9.88 Å². The van der Waals surface area contributed by atoms with Gasteiger partial charge in [-0.1, -0.05) is 6.92 Å². The summed E-state index contributed by atoms with van der Waals surface area (Å²) in [5.74, 6) is 0.932. The monoisotopic (exact) mass is 206 g/mol. The van der Waals surface area contributed by atoms with Crippen LogP contribution in [0.5, 0.6) is 0 Å². The van der Waals surface area contributed by atoms with Gasteiger partial charge in [-0.05, 0) is 44.2 Å². The predicted molar refractivity (Wildman–Crippen MR) is 63.9 cm³/mol. The molecule has 15 heavy (non-hydrogen) atoms. The fourth-order valence-electron chi connectivity index (χ4n) is 2.44. The molecule has 0 atom stereocenters. The quantitative estimate of drug-likeness (QED) is 0.804. The second-order valence-corrected chi connectivity index (χ2v) is 5.11. The first-order valence-electron chi connectivity index (χ1n) is 5.93. The zero-order valence-electron chi connectivity index (χ0n) is 10.3. The van der Waals surface area contributed by atoms with Crippen molar-refractivity contribution in [2.45, 2.75) is 46.2 Å². The zero-order valence-corrected chi connectivity index (χ0v) is 10.3. The number of hydrogen-bond donors (Lipinski definition) is 1. The van der Waals surface area contributed by atoms with Crippen molar-refractivity contribution >= 4 is 0 Å². The molecule has 0 aliphatic heterocycles. The number of aryl methyl sites for hydroxylation is 1. The van der Waals surface area contributed by atoms with E-state index in [1.165, 1.54) is 29.8 Å². The van der Waals surface area contributed by atoms with Crippen LogP contribution in [0.1, 0.15) is 36.7 Å². The molecule has 1 N–H and O–H groups in total. The van der Waals surface area contributed by atoms with Gasteiger partial charge in [0.1, 0.15) is 0 Å². The first-order chi connectivity index (χ1) is 7.08. The molecule has 1 aromatic rings. The van der Waals surface area contributed by atoms with Gasteiger partial charge in [-0.3, -0.25) is 0 Å². The van der Waals surface area contributed by atoms with Crippen molar-refractivity contribution in [3.05, 3.63) is 23.0 Å². The average molecular weight is 206 g/mol. The van der Waals surface area contributed by atoms with Crippen LogP contribution >= 0.6 is 0 Å². The summed E-state index contributed by atoms with van der Waals surface area (Å²) in [6.45, 7) is 7.73. The Labute approximate surface area is 92.7 Å². The van der Waals surface area contributed by atoms with Crippen molar-refractivity contribution in [1.29, 1.82) is 0 Å². The molecular formula is C13H22N2. The van der Waals surface area contributed by atoms with Gasteiger partial charge in [0.2, 0.25) is 0 Å². The molecule has 1 heterocycles. The summed E-state index contributed by atoms with van der Waals surface area (Å²) in [4.78, 5) is 0. The molecule has 1 fully saturated rings. The largest absolute Gasteiger partial charge is 0.352 e. The van der Waals surface area contributed by atoms with Crippen LogP contribution in [0.25, 0.3) is 0 Å². The van der Waals surface area contributed by atoms with E-state index in [0.29, 0.717) is 0 Å². The smallest absolute Gasteiger partial charge is 0.0225 e. The zero-order chi connectivity index (χ0) is 11.0. The molecule has 0 spiro atoms. The van der Waals surface area contributed by atoms with Gasteiger partial charge in [0, 0.05) is 31.0 Å². The normalized spacial score (nSPS) is 25.3. The summed E-state index contributed by atoms with van der Waals surface area (Å²) < 4.78 is 2.26. The van der Waals surface area contributed by atoms with Gasteiger partial charge >= 0.3 is 0 Å². The highest BCUT2D eigenvalue weighted by Gasteiger charge is 2.24. The van der Waals surface area contributed by atoms with Crippen molar-refractivity contribution in [3.63, 3.8) is 0 Å². The lowest BCUT2D eigenvalue weighted by Gasteiger charge is -2.33. The third-order valence-electron chi connectivity index (χ3n) is 3.83. The Morgan fingerprint density at radius 3 is 2.53 bits per heavy atom. The maximum Gasteiger partial charge on any atom is 0.0225 e. The van der Waals surface area contributed by atoms with Crippen LogP contribution in [0, 0.1) is 19.8 Å². The van der Waals surface area contributed by atoms with Crippen LogP contribution < -0.4 is 5.32 Å². The van der Waals surface area contributed by atoms with E-state index in [1.54, 1.807) is 0 Å². The lowest BCUT2D eigenvalue weighted by molar-refractivity contribution is 0.240. The van der Waals surface area contributed by atoms with Gasteiger partial charge in [0.15, 0.2) is 0 Å². The van der Waals surface area contributed by atoms with Crippen LogP contribution in [-0.4, -0.2) is 10.6 Å². The molecule has 1 aliphatic rings. The molecule has 84 valence electrons. The SMILES string of the molecule is Cc1cc(CNC2CC(C)C2)c(C)n1C. The number of hydrogen-bond acceptors (Lipinski definition) is 1. The molecule has 0 unspecified atom stereocenters. The summed E-state index contributed by atoms with van der Waals surface area (Å²) in [5, 5.41) is 3.63. The van der Waals surface area contributed by atoms with E-state index in [1.807, 2.05) is 0 Å². The summed E-state index contributed by atoms with van der Waals surface area (Å²) in [7, 11) is 2.14. The van der Waals surface area contributed by atoms with Crippen LogP contribution in [0.3, 0.4) is 0 Å². The number of aromatic nitrogens is 1. The van der Waals surface area contributed by atoms with Crippen LogP contribution in [0.15, 0.2) is 6.07 Å². The molecule has 1 aliphatic carbocycles. The number of nitrogens with zero attached hydrogens (tertiary/aromatic N) is 1. The van der Waals surface area contributed by atoms with E-state index in [2.05, 4.69) is 43.8 Å². The average Bonchev–Trinajstić information content (AvgIpc) is 2.39. The lowest BCUT2D eigenvalue weighted by Crippen LogP contribution is -2.39. The second kappa shape index (κ2) is 4.01. The van der Waals surface area contributed by atoms with Crippen molar-refractivity contribution in [2.24, 2.45) is 13.0 Å². The standard InChI is InChI=1S/C13H22N2/c1-9-5-13(6-9)14-8-12-7-10(2)15(4)11(12)3/h7,9,13-14H,5-6,8H2,1-4H3. The molecular weight excluding hydrogens is 184 g/mol. The summed E-state index contributed by atoms with van der Waals surface area (Å²) in [6.07, 6.45) is 2.70. The van der Waals surface area contributed by atoms with Gasteiger partial charge in [0.05, 0.1) is 0 Å². The Kier molecular flexibility index (Phi) is 2.87. The minimum Gasteiger partial charge on any atom is -0.352 e. The maximum atomic E-state index is 3.63. The summed E-state index contributed by atoms with van der Waals surface area (Å²) >= 11 is 0. The molecule has 0 aromatic carbocycles. The molecule has 2 nitrogen and oxygen atoms in total. The molecule has 0 amide bonds. The highest BCUT2D eigenvalue weighted by Crippen LogP contribution is 2.26. The summed E-state index contributed by atoms with van der Waals surface area (Å²) in [5.41, 5.74) is 4.20. The van der Waals surface area contributed by atoms with Crippen LogP contribution in [0.2, 0.25) is 0 Å². The van der Waals surface area contributed by atoms with Gasteiger partial charge < -0.3 is 9.88 Å². The highest BCUT2D eigenvalue weighted by atomic mass is 15.0. The third-order valence-corrected chi connectivity index (χ3v) is 3.83. The Morgan fingerprint density at radius 2 is 2.07 bits per heavy atom. The van der Waals surface area contributed by atoms with E-state index >= 15 is 0 Å². The molecule has 1 saturated carbocycles. The van der Waals surface area contributed by atoms with Gasteiger partial charge in [0.25, 0.3) is 0 Å². The number of nitrogens with one attached hydrogen (secondary N) is 1. The minimum absolute atomic E-state index is 0.764. The van der Waals surface area contributed by atoms with Gasteiger partial charge in [-0.15, -0.1) is 0 Å². The molecule has 0 bridgehead atoms. The first kappa shape index (κ1) is 10.7. The molecule has 0 radical (unpaired) electrons. The van der Waals surface area contributed by atoms with Gasteiger partial charge in [-0.2, -0.15) is 0 Å². The fourth-order valence-corrected chi connectivity index (χ4v) is 2.44. The van der Waals surface area contributed by atoms with E-state index in [9.17, 15) is 0 Å². The van der Waals surface area contributed by atoms with E-state index in [4.69, 9.17) is 0 Å². The molecule has 0 saturated heterocycles. The first-order valence-corrected chi connectivity index (χ1v) is 5.93. The van der Waals surface area contributed by atoms with E-state index in [-0.39, 0.29) is 0 Å². The Balaban J connectivity index is 1.91. The highest BCUT2D eigenvalue weighted by molar-refractivity contribution is 5.26. The lowest BCUT2D eigenvalue weighted by atomic mass is 9.82. The van der Waals surface area contributed by atoms with Crippen molar-refractivity contribution in [2.75, 3.05) is 0 Å². The van der Waals surface area contributed by atoms with Crippen LogP contribution in [0.4, 0.5) is 0 Å². The predicted octanol–water partition coefficient (Wildman–Crippen LogP) is 2.53. The van der Waals surface area contributed by atoms with Crippen molar-refractivity contribution in [3.8, 4) is 0 Å². The topological polar surface area (TPSA) is 17.0 Å². The Bertz CT molecular complexity index is 346. The maximum absolute atomic E-state index is 3.63. The van der Waals surface area contributed by atoms with Crippen LogP contribution in [-0.2, 0) is 13.6 Å². The van der Waals surface area contributed by atoms with E-state index in [0.717, 1.165) is 18.5 Å². The van der Waals surface area contributed by atoms with Crippen molar-refractivity contribution < 1.29 is 0 Å². The Morgan fingerprint density at radius 1 is 1.40 bits per heavy atom. The molecule has 1 aromatic heterocycles. The van der Waals surface area contributed by atoms with Gasteiger partial charge in [-0.25, -0.2) is 0 Å². The minimum atomic E-state index is 0.764. The third kappa shape index (κ3) is 2.10. The summed E-state index contributed by atoms with van der Waals surface area (Å²) in [6, 6.07) is 3.06. The fraction of sp³-hybridized carbons (Fsp3) is 0.692. The second-order valence-electron chi connectivity index (χ2n) is 5.11.